The minimum atomic E-state index is 0.124. The lowest BCUT2D eigenvalue weighted by Crippen LogP contribution is -2.30. The highest BCUT2D eigenvalue weighted by Crippen LogP contribution is 2.28. The summed E-state index contributed by atoms with van der Waals surface area (Å²) < 4.78 is 0. The average Bonchev–Trinajstić information content (AvgIpc) is 3.19. The topological polar surface area (TPSA) is 90.7 Å². The van der Waals surface area contributed by atoms with Gasteiger partial charge in [0.15, 0.2) is 0 Å². The fourth-order valence-corrected chi connectivity index (χ4v) is 1.36. The number of nitrogens with one attached hydrogen (secondary N) is 2. The lowest BCUT2D eigenvalue weighted by Gasteiger charge is -2.05. The van der Waals surface area contributed by atoms with Crippen LogP contribution in [0.2, 0.25) is 0 Å². The zero-order valence-corrected chi connectivity index (χ0v) is 9.31. The Morgan fingerprint density at radius 1 is 1.53 bits per heavy atom. The lowest BCUT2D eigenvalue weighted by molar-refractivity contribution is -0.122. The standard InChI is InChI=1S/C11H13N5O/c12-7-9-3-4-14-11(16-9)15-6-5-13-10(17)8-1-2-8/h3-4,8H,1-2,5-6H2,(H,13,17)(H,14,15,16). The quantitative estimate of drug-likeness (QED) is 0.710. The van der Waals surface area contributed by atoms with Crippen molar-refractivity contribution in [2.45, 2.75) is 12.8 Å². The molecule has 1 aliphatic rings. The van der Waals surface area contributed by atoms with Crippen molar-refractivity contribution in [1.29, 1.82) is 5.26 Å². The van der Waals surface area contributed by atoms with Gasteiger partial charge < -0.3 is 10.6 Å². The van der Waals surface area contributed by atoms with E-state index in [9.17, 15) is 4.79 Å². The predicted molar refractivity (Wildman–Crippen MR) is 61.0 cm³/mol. The van der Waals surface area contributed by atoms with Crippen LogP contribution in [0.3, 0.4) is 0 Å². The van der Waals surface area contributed by atoms with Gasteiger partial charge in [0.05, 0.1) is 0 Å². The van der Waals surface area contributed by atoms with Crippen molar-refractivity contribution in [3.63, 3.8) is 0 Å². The number of aromatic nitrogens is 2. The van der Waals surface area contributed by atoms with Crippen molar-refractivity contribution in [2.24, 2.45) is 5.92 Å². The van der Waals surface area contributed by atoms with Crippen LogP contribution >= 0.6 is 0 Å². The van der Waals surface area contributed by atoms with Gasteiger partial charge >= 0.3 is 0 Å². The Hall–Kier alpha value is -2.16. The maximum absolute atomic E-state index is 11.3. The number of nitrogens with zero attached hydrogens (tertiary/aromatic N) is 3. The van der Waals surface area contributed by atoms with Crippen molar-refractivity contribution in [2.75, 3.05) is 18.4 Å². The van der Waals surface area contributed by atoms with E-state index >= 15 is 0 Å². The molecule has 0 unspecified atom stereocenters. The maximum atomic E-state index is 11.3. The predicted octanol–water partition coefficient (Wildman–Crippen LogP) is 0.286. The summed E-state index contributed by atoms with van der Waals surface area (Å²) in [6.45, 7) is 1.09. The van der Waals surface area contributed by atoms with E-state index in [4.69, 9.17) is 5.26 Å². The van der Waals surface area contributed by atoms with E-state index in [1.54, 1.807) is 6.07 Å². The molecule has 0 atom stereocenters. The molecule has 6 heteroatoms. The highest BCUT2D eigenvalue weighted by molar-refractivity contribution is 5.80. The number of hydrogen-bond acceptors (Lipinski definition) is 5. The molecule has 88 valence electrons. The minimum Gasteiger partial charge on any atom is -0.354 e. The van der Waals surface area contributed by atoms with Gasteiger partial charge in [-0.3, -0.25) is 4.79 Å². The number of rotatable bonds is 5. The molecular formula is C11H13N5O. The highest BCUT2D eigenvalue weighted by Gasteiger charge is 2.28. The van der Waals surface area contributed by atoms with E-state index in [-0.39, 0.29) is 11.8 Å². The summed E-state index contributed by atoms with van der Waals surface area (Å²) in [4.78, 5) is 19.2. The number of carbonyl (C=O) groups excluding carboxylic acids is 1. The third kappa shape index (κ3) is 3.41. The molecule has 17 heavy (non-hydrogen) atoms. The monoisotopic (exact) mass is 231 g/mol. The third-order valence-corrected chi connectivity index (χ3v) is 2.43. The van der Waals surface area contributed by atoms with Crippen LogP contribution < -0.4 is 10.6 Å². The van der Waals surface area contributed by atoms with Crippen molar-refractivity contribution < 1.29 is 4.79 Å². The summed E-state index contributed by atoms with van der Waals surface area (Å²) in [5.41, 5.74) is 0.324. The first-order valence-electron chi connectivity index (χ1n) is 5.54. The Labute approximate surface area is 99.1 Å². The van der Waals surface area contributed by atoms with Crippen LogP contribution in [0, 0.1) is 17.2 Å². The molecule has 1 fully saturated rings. The van der Waals surface area contributed by atoms with Crippen LogP contribution in [0.15, 0.2) is 12.3 Å². The molecule has 6 nitrogen and oxygen atoms in total. The first-order chi connectivity index (χ1) is 8.29. The molecule has 0 aromatic carbocycles. The fourth-order valence-electron chi connectivity index (χ4n) is 1.36. The minimum absolute atomic E-state index is 0.124. The fraction of sp³-hybridized carbons (Fsp3) is 0.455. The SMILES string of the molecule is N#Cc1ccnc(NCCNC(=O)C2CC2)n1. The van der Waals surface area contributed by atoms with Gasteiger partial charge in [0.25, 0.3) is 0 Å². The zero-order valence-electron chi connectivity index (χ0n) is 9.31. The first kappa shape index (κ1) is 11.3. The van der Waals surface area contributed by atoms with Crippen LogP contribution in [0.25, 0.3) is 0 Å². The number of carbonyl (C=O) groups is 1. The molecule has 0 bridgehead atoms. The number of hydrogen-bond donors (Lipinski definition) is 2. The Bertz CT molecular complexity index is 449. The molecule has 0 radical (unpaired) electrons. The van der Waals surface area contributed by atoms with E-state index in [0.29, 0.717) is 24.7 Å². The highest BCUT2D eigenvalue weighted by atomic mass is 16.2. The van der Waals surface area contributed by atoms with Crippen LogP contribution in [-0.4, -0.2) is 29.0 Å². The van der Waals surface area contributed by atoms with E-state index in [1.807, 2.05) is 6.07 Å². The Kier molecular flexibility index (Phi) is 3.50. The molecule has 1 aromatic heterocycles. The molecule has 1 heterocycles. The summed E-state index contributed by atoms with van der Waals surface area (Å²) in [5, 5.41) is 14.4. The third-order valence-electron chi connectivity index (χ3n) is 2.43. The molecule has 1 saturated carbocycles. The van der Waals surface area contributed by atoms with Gasteiger partial charge in [-0.05, 0) is 18.9 Å². The molecule has 1 aliphatic carbocycles. The first-order valence-corrected chi connectivity index (χ1v) is 5.54. The Morgan fingerprint density at radius 3 is 3.06 bits per heavy atom. The van der Waals surface area contributed by atoms with Crippen molar-refractivity contribution in [3.8, 4) is 6.07 Å². The normalized spacial score (nSPS) is 13.8. The van der Waals surface area contributed by atoms with Gasteiger partial charge in [0.1, 0.15) is 11.8 Å². The smallest absolute Gasteiger partial charge is 0.223 e. The Morgan fingerprint density at radius 2 is 2.35 bits per heavy atom. The van der Waals surface area contributed by atoms with Gasteiger partial charge in [0, 0.05) is 25.2 Å². The van der Waals surface area contributed by atoms with E-state index < -0.39 is 0 Å². The second-order valence-electron chi connectivity index (χ2n) is 3.87. The second kappa shape index (κ2) is 5.25. The number of amides is 1. The van der Waals surface area contributed by atoms with Gasteiger partial charge in [-0.15, -0.1) is 0 Å². The summed E-state index contributed by atoms with van der Waals surface area (Å²) in [5.74, 6) is 0.761. The molecular weight excluding hydrogens is 218 g/mol. The molecule has 1 aromatic rings. The van der Waals surface area contributed by atoms with Crippen LogP contribution in [0.5, 0.6) is 0 Å². The molecule has 0 saturated heterocycles. The van der Waals surface area contributed by atoms with Crippen LogP contribution in [0.1, 0.15) is 18.5 Å². The average molecular weight is 231 g/mol. The lowest BCUT2D eigenvalue weighted by atomic mass is 10.4. The number of anilines is 1. The van der Waals surface area contributed by atoms with Gasteiger partial charge in [-0.1, -0.05) is 0 Å². The van der Waals surface area contributed by atoms with E-state index in [1.165, 1.54) is 6.20 Å². The van der Waals surface area contributed by atoms with Crippen LogP contribution in [-0.2, 0) is 4.79 Å². The molecule has 2 N–H and O–H groups in total. The van der Waals surface area contributed by atoms with Crippen LogP contribution in [0.4, 0.5) is 5.95 Å². The largest absolute Gasteiger partial charge is 0.354 e. The molecule has 0 spiro atoms. The Balaban J connectivity index is 1.70. The second-order valence-corrected chi connectivity index (χ2v) is 3.87. The summed E-state index contributed by atoms with van der Waals surface area (Å²) >= 11 is 0. The maximum Gasteiger partial charge on any atom is 0.223 e. The number of nitriles is 1. The zero-order chi connectivity index (χ0) is 12.1. The van der Waals surface area contributed by atoms with Gasteiger partial charge in [0.2, 0.25) is 11.9 Å². The summed E-state index contributed by atoms with van der Waals surface area (Å²) in [6, 6.07) is 3.48. The summed E-state index contributed by atoms with van der Waals surface area (Å²) in [6.07, 6.45) is 3.54. The van der Waals surface area contributed by atoms with E-state index in [0.717, 1.165) is 12.8 Å². The van der Waals surface area contributed by atoms with Crippen molar-refractivity contribution >= 4 is 11.9 Å². The van der Waals surface area contributed by atoms with Gasteiger partial charge in [-0.2, -0.15) is 5.26 Å². The van der Waals surface area contributed by atoms with Crippen molar-refractivity contribution in [1.82, 2.24) is 15.3 Å². The summed E-state index contributed by atoms with van der Waals surface area (Å²) in [7, 11) is 0. The van der Waals surface area contributed by atoms with Crippen molar-refractivity contribution in [3.05, 3.63) is 18.0 Å². The molecule has 2 rings (SSSR count). The molecule has 0 aliphatic heterocycles. The van der Waals surface area contributed by atoms with Gasteiger partial charge in [-0.25, -0.2) is 9.97 Å². The van der Waals surface area contributed by atoms with E-state index in [2.05, 4.69) is 20.6 Å². The molecule has 1 amide bonds.